The van der Waals surface area contributed by atoms with Crippen LogP contribution < -0.4 is 10.3 Å². The van der Waals surface area contributed by atoms with E-state index in [-0.39, 0.29) is 5.56 Å². The van der Waals surface area contributed by atoms with Gasteiger partial charge in [-0.15, -0.1) is 0 Å². The minimum absolute atomic E-state index is 0.174. The van der Waals surface area contributed by atoms with Crippen LogP contribution in [-0.4, -0.2) is 16.6 Å². The summed E-state index contributed by atoms with van der Waals surface area (Å²) in [5.74, 6) is 1.14. The van der Waals surface area contributed by atoms with E-state index in [0.29, 0.717) is 39.7 Å². The van der Waals surface area contributed by atoms with Gasteiger partial charge in [0.2, 0.25) is 0 Å². The second-order valence-corrected chi connectivity index (χ2v) is 6.06. The van der Waals surface area contributed by atoms with Gasteiger partial charge in [0.25, 0.3) is 5.56 Å². The number of rotatable bonds is 6. The van der Waals surface area contributed by atoms with E-state index >= 15 is 0 Å². The van der Waals surface area contributed by atoms with Crippen molar-refractivity contribution in [1.82, 2.24) is 9.97 Å². The van der Waals surface area contributed by atoms with Crippen LogP contribution >= 0.6 is 11.6 Å². The molecule has 1 N–H and O–H groups in total. The molecule has 1 aromatic heterocycles. The van der Waals surface area contributed by atoms with E-state index in [1.165, 1.54) is 0 Å². The number of fused-ring (bicyclic) bond motifs is 1. The lowest BCUT2D eigenvalue weighted by atomic mass is 10.1. The topological polar surface area (TPSA) is 55.0 Å². The molecule has 0 saturated carbocycles. The second-order valence-electron chi connectivity index (χ2n) is 5.63. The highest BCUT2D eigenvalue weighted by Crippen LogP contribution is 2.30. The molecule has 1 heterocycles. The number of hydrogen-bond acceptors (Lipinski definition) is 3. The van der Waals surface area contributed by atoms with Crippen molar-refractivity contribution >= 4 is 22.5 Å². The summed E-state index contributed by atoms with van der Waals surface area (Å²) in [7, 11) is 0. The summed E-state index contributed by atoms with van der Waals surface area (Å²) in [6.45, 7) is 2.78. The maximum atomic E-state index is 12.3. The van der Waals surface area contributed by atoms with Crippen molar-refractivity contribution < 1.29 is 4.74 Å². The zero-order valence-electron chi connectivity index (χ0n) is 13.5. The van der Waals surface area contributed by atoms with Gasteiger partial charge in [0.1, 0.15) is 11.6 Å². The molecule has 0 atom stereocenters. The van der Waals surface area contributed by atoms with Gasteiger partial charge in [0.15, 0.2) is 0 Å². The summed E-state index contributed by atoms with van der Waals surface area (Å²) >= 11 is 6.13. The average molecular weight is 343 g/mol. The Morgan fingerprint density at radius 1 is 1.17 bits per heavy atom. The smallest absolute Gasteiger partial charge is 0.259 e. The molecule has 0 fully saturated rings. The van der Waals surface area contributed by atoms with E-state index in [2.05, 4.69) is 16.9 Å². The Kier molecular flexibility index (Phi) is 5.16. The number of para-hydroxylation sites is 1. The molecule has 3 aromatic rings. The number of halogens is 1. The van der Waals surface area contributed by atoms with Crippen LogP contribution in [0.1, 0.15) is 26.2 Å². The first-order chi connectivity index (χ1) is 11.7. The van der Waals surface area contributed by atoms with Crippen LogP contribution in [-0.2, 0) is 0 Å². The van der Waals surface area contributed by atoms with Crippen molar-refractivity contribution in [2.45, 2.75) is 26.2 Å². The lowest BCUT2D eigenvalue weighted by Crippen LogP contribution is -2.10. The molecule has 0 spiro atoms. The summed E-state index contributed by atoms with van der Waals surface area (Å²) in [6, 6.07) is 12.6. The molecule has 3 rings (SSSR count). The molecule has 24 heavy (non-hydrogen) atoms. The van der Waals surface area contributed by atoms with Crippen molar-refractivity contribution in [1.29, 1.82) is 0 Å². The van der Waals surface area contributed by atoms with Crippen molar-refractivity contribution in [3.63, 3.8) is 0 Å². The fourth-order valence-electron chi connectivity index (χ4n) is 2.56. The Bertz CT molecular complexity index is 905. The fourth-order valence-corrected chi connectivity index (χ4v) is 2.73. The first kappa shape index (κ1) is 16.5. The van der Waals surface area contributed by atoms with Crippen molar-refractivity contribution in [2.75, 3.05) is 6.61 Å². The minimum atomic E-state index is -0.174. The molecule has 0 radical (unpaired) electrons. The molecule has 4 nitrogen and oxygen atoms in total. The molecule has 0 aliphatic rings. The number of H-pyrrole nitrogens is 1. The van der Waals surface area contributed by atoms with Crippen LogP contribution in [0, 0.1) is 0 Å². The molecule has 2 aromatic carbocycles. The Morgan fingerprint density at radius 2 is 2.00 bits per heavy atom. The van der Waals surface area contributed by atoms with E-state index in [1.54, 1.807) is 18.2 Å². The lowest BCUT2D eigenvalue weighted by molar-refractivity contribution is 0.307. The summed E-state index contributed by atoms with van der Waals surface area (Å²) < 4.78 is 5.88. The molecule has 0 saturated heterocycles. The van der Waals surface area contributed by atoms with Crippen LogP contribution in [0.2, 0.25) is 5.02 Å². The molecule has 124 valence electrons. The minimum Gasteiger partial charge on any atom is -0.493 e. The summed E-state index contributed by atoms with van der Waals surface area (Å²) in [5, 5.41) is 1.13. The SMILES string of the molecule is CCCCCOc1ccc(Cl)cc1-c1nc2ccccc2c(=O)[nH]1. The maximum absolute atomic E-state index is 12.3. The van der Waals surface area contributed by atoms with Crippen molar-refractivity contribution in [3.05, 3.63) is 57.8 Å². The number of nitrogens with zero attached hydrogens (tertiary/aromatic N) is 1. The summed E-state index contributed by atoms with van der Waals surface area (Å²) in [5.41, 5.74) is 1.17. The third-order valence-electron chi connectivity index (χ3n) is 3.82. The number of hydrogen-bond donors (Lipinski definition) is 1. The van der Waals surface area contributed by atoms with E-state index in [9.17, 15) is 4.79 Å². The molecule has 0 aliphatic heterocycles. The number of ether oxygens (including phenoxy) is 1. The fraction of sp³-hybridized carbons (Fsp3) is 0.263. The molecular formula is C19H19ClN2O2. The first-order valence-electron chi connectivity index (χ1n) is 8.11. The predicted molar refractivity (Wildman–Crippen MR) is 97.8 cm³/mol. The third-order valence-corrected chi connectivity index (χ3v) is 4.05. The van der Waals surface area contributed by atoms with Gasteiger partial charge in [-0.05, 0) is 36.8 Å². The number of aromatic nitrogens is 2. The van der Waals surface area contributed by atoms with Gasteiger partial charge in [0, 0.05) is 5.02 Å². The van der Waals surface area contributed by atoms with E-state index in [1.807, 2.05) is 24.3 Å². The van der Waals surface area contributed by atoms with Crippen LogP contribution in [0.5, 0.6) is 5.75 Å². The zero-order valence-corrected chi connectivity index (χ0v) is 14.3. The molecular weight excluding hydrogens is 324 g/mol. The molecule has 0 amide bonds. The van der Waals surface area contributed by atoms with Gasteiger partial charge in [-0.2, -0.15) is 0 Å². The van der Waals surface area contributed by atoms with Crippen LogP contribution in [0.4, 0.5) is 0 Å². The predicted octanol–water partition coefficient (Wildman–Crippen LogP) is 4.81. The van der Waals surface area contributed by atoms with Gasteiger partial charge in [0.05, 0.1) is 23.1 Å². The van der Waals surface area contributed by atoms with Gasteiger partial charge in [-0.25, -0.2) is 4.98 Å². The Morgan fingerprint density at radius 3 is 2.83 bits per heavy atom. The largest absolute Gasteiger partial charge is 0.493 e. The summed E-state index contributed by atoms with van der Waals surface area (Å²) in [4.78, 5) is 19.7. The zero-order chi connectivity index (χ0) is 16.9. The van der Waals surface area contributed by atoms with E-state index < -0.39 is 0 Å². The van der Waals surface area contributed by atoms with Gasteiger partial charge in [-0.1, -0.05) is 43.5 Å². The highest BCUT2D eigenvalue weighted by molar-refractivity contribution is 6.30. The number of benzene rings is 2. The quantitative estimate of drug-likeness (QED) is 0.654. The van der Waals surface area contributed by atoms with Gasteiger partial charge < -0.3 is 9.72 Å². The van der Waals surface area contributed by atoms with Gasteiger partial charge in [-0.3, -0.25) is 4.79 Å². The Hall–Kier alpha value is -2.33. The van der Waals surface area contributed by atoms with Crippen LogP contribution in [0.3, 0.4) is 0 Å². The Labute approximate surface area is 145 Å². The number of nitrogens with one attached hydrogen (secondary N) is 1. The third kappa shape index (κ3) is 3.60. The van der Waals surface area contributed by atoms with Crippen molar-refractivity contribution in [2.24, 2.45) is 0 Å². The highest BCUT2D eigenvalue weighted by Gasteiger charge is 2.12. The standard InChI is InChI=1S/C19H19ClN2O2/c1-2-3-6-11-24-17-10-9-13(20)12-15(17)18-21-16-8-5-4-7-14(16)19(23)22-18/h4-5,7-10,12H,2-3,6,11H2,1H3,(H,21,22,23). The van der Waals surface area contributed by atoms with Gasteiger partial charge >= 0.3 is 0 Å². The van der Waals surface area contributed by atoms with E-state index in [0.717, 1.165) is 19.3 Å². The van der Waals surface area contributed by atoms with Crippen molar-refractivity contribution in [3.8, 4) is 17.1 Å². The van der Waals surface area contributed by atoms with Crippen LogP contribution in [0.15, 0.2) is 47.3 Å². The molecule has 0 aliphatic carbocycles. The molecule has 0 bridgehead atoms. The first-order valence-corrected chi connectivity index (χ1v) is 8.48. The summed E-state index contributed by atoms with van der Waals surface area (Å²) in [6.07, 6.45) is 3.24. The number of aromatic amines is 1. The highest BCUT2D eigenvalue weighted by atomic mass is 35.5. The normalized spacial score (nSPS) is 10.9. The van der Waals surface area contributed by atoms with Crippen LogP contribution in [0.25, 0.3) is 22.3 Å². The molecule has 0 unspecified atom stereocenters. The lowest BCUT2D eigenvalue weighted by Gasteiger charge is -2.12. The number of unbranched alkanes of at least 4 members (excludes halogenated alkanes) is 2. The Balaban J connectivity index is 2.01. The average Bonchev–Trinajstić information content (AvgIpc) is 2.59. The molecule has 5 heteroatoms. The monoisotopic (exact) mass is 342 g/mol. The van der Waals surface area contributed by atoms with E-state index in [4.69, 9.17) is 16.3 Å². The maximum Gasteiger partial charge on any atom is 0.259 e. The second kappa shape index (κ2) is 7.49.